The van der Waals surface area contributed by atoms with Gasteiger partial charge in [-0.15, -0.1) is 0 Å². The number of amides is 1. The summed E-state index contributed by atoms with van der Waals surface area (Å²) in [4.78, 5) is 11.9. The maximum Gasteiger partial charge on any atom is 0.269 e. The first-order valence-corrected chi connectivity index (χ1v) is 6.69. The van der Waals surface area contributed by atoms with Crippen LogP contribution in [0.4, 0.5) is 0 Å². The van der Waals surface area contributed by atoms with Gasteiger partial charge >= 0.3 is 0 Å². The van der Waals surface area contributed by atoms with Gasteiger partial charge in [0.15, 0.2) is 0 Å². The van der Waals surface area contributed by atoms with Crippen LogP contribution < -0.4 is 5.32 Å². The number of hydrogen-bond acceptors (Lipinski definition) is 3. The summed E-state index contributed by atoms with van der Waals surface area (Å²) in [6.45, 7) is 2.30. The molecule has 0 aliphatic rings. The average Bonchev–Trinajstić information content (AvgIpc) is 2.94. The van der Waals surface area contributed by atoms with Crippen molar-refractivity contribution in [1.82, 2.24) is 15.5 Å². The number of carbonyl (C=O) groups is 1. The fourth-order valence-corrected chi connectivity index (χ4v) is 1.90. The van der Waals surface area contributed by atoms with Crippen molar-refractivity contribution in [2.24, 2.45) is 5.92 Å². The summed E-state index contributed by atoms with van der Waals surface area (Å²) in [5.41, 5.74) is 1.76. The molecule has 6 heteroatoms. The van der Waals surface area contributed by atoms with E-state index in [1.165, 1.54) is 0 Å². The number of carbonyl (C=O) groups excluding carboxylic acids is 1. The highest BCUT2D eigenvalue weighted by Gasteiger charge is 2.13. The van der Waals surface area contributed by atoms with Gasteiger partial charge in [-0.3, -0.25) is 9.89 Å². The molecule has 0 bridgehead atoms. The molecule has 0 aliphatic heterocycles. The van der Waals surface area contributed by atoms with Gasteiger partial charge in [0.2, 0.25) is 0 Å². The number of halogens is 1. The van der Waals surface area contributed by atoms with Gasteiger partial charge in [0.25, 0.3) is 5.91 Å². The number of aromatic amines is 1. The highest BCUT2D eigenvalue weighted by atomic mass is 35.5. The minimum Gasteiger partial charge on any atom is -0.396 e. The monoisotopic (exact) mass is 293 g/mol. The van der Waals surface area contributed by atoms with Crippen molar-refractivity contribution in [2.45, 2.75) is 6.92 Å². The second-order valence-electron chi connectivity index (χ2n) is 4.64. The van der Waals surface area contributed by atoms with Gasteiger partial charge in [-0.05, 0) is 18.1 Å². The van der Waals surface area contributed by atoms with Gasteiger partial charge in [-0.2, -0.15) is 5.10 Å². The summed E-state index contributed by atoms with van der Waals surface area (Å²) in [6, 6.07) is 8.96. The predicted octanol–water partition coefficient (Wildman–Crippen LogP) is 2.09. The van der Waals surface area contributed by atoms with Crippen molar-refractivity contribution >= 4 is 17.5 Å². The first-order valence-electron chi connectivity index (χ1n) is 6.31. The van der Waals surface area contributed by atoms with E-state index in [0.717, 1.165) is 5.56 Å². The van der Waals surface area contributed by atoms with Crippen LogP contribution in [0.2, 0.25) is 5.02 Å². The summed E-state index contributed by atoms with van der Waals surface area (Å²) >= 11 is 6.09. The molecule has 2 aromatic rings. The number of benzene rings is 1. The molecule has 0 saturated heterocycles. The molecule has 1 aromatic heterocycles. The third kappa shape index (κ3) is 3.37. The van der Waals surface area contributed by atoms with Crippen molar-refractivity contribution < 1.29 is 9.90 Å². The van der Waals surface area contributed by atoms with E-state index in [1.54, 1.807) is 12.1 Å². The minimum absolute atomic E-state index is 0.0184. The molecule has 3 N–H and O–H groups in total. The molecule has 2 rings (SSSR count). The molecule has 1 aromatic carbocycles. The Balaban J connectivity index is 2.09. The van der Waals surface area contributed by atoms with Crippen molar-refractivity contribution in [3.63, 3.8) is 0 Å². The van der Waals surface area contributed by atoms with Crippen LogP contribution in [-0.2, 0) is 0 Å². The van der Waals surface area contributed by atoms with E-state index in [9.17, 15) is 4.79 Å². The van der Waals surface area contributed by atoms with Crippen LogP contribution in [0, 0.1) is 5.92 Å². The molecule has 20 heavy (non-hydrogen) atoms. The van der Waals surface area contributed by atoms with Crippen molar-refractivity contribution in [3.05, 3.63) is 41.0 Å². The Labute approximate surface area is 122 Å². The number of aliphatic hydroxyl groups is 1. The lowest BCUT2D eigenvalue weighted by atomic mass is 10.1. The summed E-state index contributed by atoms with van der Waals surface area (Å²) < 4.78 is 0. The van der Waals surface area contributed by atoms with Gasteiger partial charge in [0, 0.05) is 18.7 Å². The molecule has 0 aliphatic carbocycles. The van der Waals surface area contributed by atoms with Crippen LogP contribution >= 0.6 is 11.6 Å². The van der Waals surface area contributed by atoms with E-state index in [0.29, 0.717) is 23.0 Å². The molecule has 1 heterocycles. The van der Waals surface area contributed by atoms with Crippen LogP contribution in [0.1, 0.15) is 17.4 Å². The molecule has 5 nitrogen and oxygen atoms in total. The fraction of sp³-hybridized carbons (Fsp3) is 0.286. The fourth-order valence-electron chi connectivity index (χ4n) is 1.67. The van der Waals surface area contributed by atoms with Crippen LogP contribution in [0.25, 0.3) is 11.3 Å². The van der Waals surface area contributed by atoms with Gasteiger partial charge in [-0.1, -0.05) is 36.7 Å². The zero-order valence-electron chi connectivity index (χ0n) is 11.1. The zero-order chi connectivity index (χ0) is 14.5. The number of aliphatic hydroxyl groups excluding tert-OH is 1. The number of hydrogen-bond donors (Lipinski definition) is 3. The minimum atomic E-state index is -0.254. The number of rotatable bonds is 5. The lowest BCUT2D eigenvalue weighted by molar-refractivity contribution is 0.0937. The second-order valence-corrected chi connectivity index (χ2v) is 5.05. The van der Waals surface area contributed by atoms with Crippen molar-refractivity contribution in [1.29, 1.82) is 0 Å². The summed E-state index contributed by atoms with van der Waals surface area (Å²) in [6.07, 6.45) is 0. The van der Waals surface area contributed by atoms with Crippen LogP contribution in [-0.4, -0.2) is 34.4 Å². The Kier molecular flexibility index (Phi) is 4.76. The highest BCUT2D eigenvalue weighted by Crippen LogP contribution is 2.26. The van der Waals surface area contributed by atoms with E-state index in [-0.39, 0.29) is 18.4 Å². The molecule has 0 spiro atoms. The van der Waals surface area contributed by atoms with Crippen LogP contribution in [0.3, 0.4) is 0 Å². The van der Waals surface area contributed by atoms with E-state index in [4.69, 9.17) is 16.7 Å². The lowest BCUT2D eigenvalue weighted by Gasteiger charge is -2.08. The standard InChI is InChI=1S/C14H16ClN3O2/c1-9(8-19)7-16-14(20)13-6-12(17-18-13)10-4-2-3-5-11(10)15/h2-6,9,19H,7-8H2,1H3,(H,16,20)(H,17,18). The summed E-state index contributed by atoms with van der Waals surface area (Å²) in [5.74, 6) is -0.235. The maximum atomic E-state index is 11.9. The Bertz CT molecular complexity index is 598. The highest BCUT2D eigenvalue weighted by molar-refractivity contribution is 6.33. The largest absolute Gasteiger partial charge is 0.396 e. The SMILES string of the molecule is CC(CO)CNC(=O)c1cc(-c2ccccc2Cl)n[nH]1. The Morgan fingerprint density at radius 1 is 1.50 bits per heavy atom. The maximum absolute atomic E-state index is 11.9. The number of H-pyrrole nitrogens is 1. The van der Waals surface area contributed by atoms with Crippen LogP contribution in [0.15, 0.2) is 30.3 Å². The number of nitrogens with zero attached hydrogens (tertiary/aromatic N) is 1. The second kappa shape index (κ2) is 6.54. The van der Waals surface area contributed by atoms with E-state index >= 15 is 0 Å². The first-order chi connectivity index (χ1) is 9.61. The molecule has 0 saturated carbocycles. The van der Waals surface area contributed by atoms with Crippen molar-refractivity contribution in [2.75, 3.05) is 13.2 Å². The third-order valence-corrected chi connectivity index (χ3v) is 3.22. The molecule has 0 fully saturated rings. The number of nitrogens with one attached hydrogen (secondary N) is 2. The lowest BCUT2D eigenvalue weighted by Crippen LogP contribution is -2.29. The van der Waals surface area contributed by atoms with E-state index in [1.807, 2.05) is 25.1 Å². The van der Waals surface area contributed by atoms with Gasteiger partial charge in [0.05, 0.1) is 10.7 Å². The van der Waals surface area contributed by atoms with Crippen molar-refractivity contribution in [3.8, 4) is 11.3 Å². The molecule has 106 valence electrons. The first kappa shape index (κ1) is 14.6. The summed E-state index contributed by atoms with van der Waals surface area (Å²) in [7, 11) is 0. The Morgan fingerprint density at radius 2 is 2.25 bits per heavy atom. The molecule has 0 radical (unpaired) electrons. The number of aromatic nitrogens is 2. The van der Waals surface area contributed by atoms with Crippen LogP contribution in [0.5, 0.6) is 0 Å². The topological polar surface area (TPSA) is 78.0 Å². The zero-order valence-corrected chi connectivity index (χ0v) is 11.8. The molecule has 1 atom stereocenters. The quantitative estimate of drug-likeness (QED) is 0.790. The average molecular weight is 294 g/mol. The molecule has 1 amide bonds. The van der Waals surface area contributed by atoms with E-state index < -0.39 is 0 Å². The smallest absolute Gasteiger partial charge is 0.269 e. The predicted molar refractivity (Wildman–Crippen MR) is 77.6 cm³/mol. The van der Waals surface area contributed by atoms with Gasteiger partial charge in [0.1, 0.15) is 5.69 Å². The summed E-state index contributed by atoms with van der Waals surface area (Å²) in [5, 5.41) is 19.0. The molecular weight excluding hydrogens is 278 g/mol. The van der Waals surface area contributed by atoms with E-state index in [2.05, 4.69) is 15.5 Å². The van der Waals surface area contributed by atoms with Gasteiger partial charge < -0.3 is 10.4 Å². The normalized spacial score (nSPS) is 12.2. The van der Waals surface area contributed by atoms with Gasteiger partial charge in [-0.25, -0.2) is 0 Å². The molecular formula is C14H16ClN3O2. The third-order valence-electron chi connectivity index (χ3n) is 2.90. The Hall–Kier alpha value is -1.85. The molecule has 1 unspecified atom stereocenters. The Morgan fingerprint density at radius 3 is 2.95 bits per heavy atom.